The summed E-state index contributed by atoms with van der Waals surface area (Å²) in [5.41, 5.74) is -0.726. The quantitative estimate of drug-likeness (QED) is 0.763. The third kappa shape index (κ3) is 2.61. The molecule has 1 aliphatic rings. The fourth-order valence-corrected chi connectivity index (χ4v) is 2.19. The van der Waals surface area contributed by atoms with Gasteiger partial charge in [0.2, 0.25) is 0 Å². The zero-order valence-corrected chi connectivity index (χ0v) is 9.95. The Hall–Kier alpha value is -1.62. The van der Waals surface area contributed by atoms with Gasteiger partial charge in [0.05, 0.1) is 0 Å². The third-order valence-electron chi connectivity index (χ3n) is 3.32. The summed E-state index contributed by atoms with van der Waals surface area (Å²) in [6, 6.07) is 3.92. The minimum Gasteiger partial charge on any atom is -0.505 e. The van der Waals surface area contributed by atoms with Crippen LogP contribution in [0.15, 0.2) is 18.2 Å². The summed E-state index contributed by atoms with van der Waals surface area (Å²) >= 11 is 0. The van der Waals surface area contributed by atoms with Crippen molar-refractivity contribution in [3.8, 4) is 5.75 Å². The number of phenolic OH excluding ortho intramolecular Hbond substituents is 1. The number of amides is 1. The highest BCUT2D eigenvalue weighted by atomic mass is 19.1. The first kappa shape index (κ1) is 12.8. The number of carbonyl (C=O) groups excluding carboxylic acids is 1. The molecule has 1 saturated carbocycles. The molecule has 1 aliphatic carbocycles. The van der Waals surface area contributed by atoms with Gasteiger partial charge in [0.1, 0.15) is 5.60 Å². The first-order valence-corrected chi connectivity index (χ1v) is 5.99. The van der Waals surface area contributed by atoms with E-state index in [1.807, 2.05) is 0 Å². The van der Waals surface area contributed by atoms with Gasteiger partial charge in [-0.15, -0.1) is 0 Å². The molecule has 1 amide bonds. The molecular formula is C13H16FNO3. The van der Waals surface area contributed by atoms with Crippen molar-refractivity contribution < 1.29 is 19.4 Å². The molecule has 4 nitrogen and oxygen atoms in total. The number of nitrogens with one attached hydrogen (secondary N) is 1. The summed E-state index contributed by atoms with van der Waals surface area (Å²) in [5, 5.41) is 21.6. The Bertz CT molecular complexity index is 456. The minimum absolute atomic E-state index is 0.137. The molecule has 0 spiro atoms. The fraction of sp³-hybridized carbons (Fsp3) is 0.462. The third-order valence-corrected chi connectivity index (χ3v) is 3.32. The molecule has 3 N–H and O–H groups in total. The van der Waals surface area contributed by atoms with Crippen LogP contribution in [0.4, 0.5) is 4.39 Å². The summed E-state index contributed by atoms with van der Waals surface area (Å²) in [6.07, 6.45) is 2.64. The van der Waals surface area contributed by atoms with E-state index in [1.54, 1.807) is 0 Å². The van der Waals surface area contributed by atoms with Crippen LogP contribution in [0.1, 0.15) is 31.2 Å². The molecule has 0 heterocycles. The molecule has 0 aromatic heterocycles. The van der Waals surface area contributed by atoms with E-state index < -0.39 is 23.1 Å². The number of benzene rings is 1. The van der Waals surface area contributed by atoms with E-state index >= 15 is 0 Å². The second-order valence-corrected chi connectivity index (χ2v) is 4.71. The lowest BCUT2D eigenvalue weighted by atomic mass is 10.0. The lowest BCUT2D eigenvalue weighted by Crippen LogP contribution is -2.44. The predicted octanol–water partition coefficient (Wildman–Crippen LogP) is 1.45. The Kier molecular flexibility index (Phi) is 3.52. The van der Waals surface area contributed by atoms with E-state index in [1.165, 1.54) is 12.1 Å². The van der Waals surface area contributed by atoms with Gasteiger partial charge in [-0.2, -0.15) is 0 Å². The van der Waals surface area contributed by atoms with Crippen molar-refractivity contribution in [2.45, 2.75) is 37.8 Å². The van der Waals surface area contributed by atoms with Crippen molar-refractivity contribution in [3.05, 3.63) is 29.6 Å². The molecule has 0 bridgehead atoms. The summed E-state index contributed by atoms with van der Waals surface area (Å²) in [7, 11) is 0. The summed E-state index contributed by atoms with van der Waals surface area (Å²) < 4.78 is 13.1. The number of phenols is 1. The van der Waals surface area contributed by atoms with Gasteiger partial charge >= 0.3 is 0 Å². The summed E-state index contributed by atoms with van der Waals surface area (Å²) in [6.45, 7) is 0.137. The van der Waals surface area contributed by atoms with E-state index in [9.17, 15) is 14.3 Å². The molecule has 18 heavy (non-hydrogen) atoms. The van der Waals surface area contributed by atoms with Crippen molar-refractivity contribution in [2.75, 3.05) is 0 Å². The Balaban J connectivity index is 1.95. The van der Waals surface area contributed by atoms with Crippen molar-refractivity contribution in [1.29, 1.82) is 0 Å². The number of aliphatic hydroxyl groups is 1. The number of hydrogen-bond donors (Lipinski definition) is 3. The molecule has 0 atom stereocenters. The van der Waals surface area contributed by atoms with Crippen LogP contribution in [0, 0.1) is 5.82 Å². The van der Waals surface area contributed by atoms with Crippen LogP contribution >= 0.6 is 0 Å². The SMILES string of the molecule is O=C(NCc1ccc(O)c(F)c1)C1(O)CCCC1. The zero-order valence-electron chi connectivity index (χ0n) is 9.95. The van der Waals surface area contributed by atoms with Crippen LogP contribution in [-0.4, -0.2) is 21.7 Å². The standard InChI is InChI=1S/C13H16FNO3/c14-10-7-9(3-4-11(10)16)8-15-12(17)13(18)5-1-2-6-13/h3-4,7,16,18H,1-2,5-6,8H2,(H,15,17). The largest absolute Gasteiger partial charge is 0.505 e. The topological polar surface area (TPSA) is 69.6 Å². The minimum atomic E-state index is -1.27. The van der Waals surface area contributed by atoms with Gasteiger partial charge in [0.15, 0.2) is 11.6 Å². The van der Waals surface area contributed by atoms with E-state index in [4.69, 9.17) is 5.11 Å². The average molecular weight is 253 g/mol. The molecule has 0 saturated heterocycles. The summed E-state index contributed by atoms with van der Waals surface area (Å²) in [4.78, 5) is 11.8. The molecule has 0 aliphatic heterocycles. The molecule has 5 heteroatoms. The number of rotatable bonds is 3. The number of halogens is 1. The number of hydrogen-bond acceptors (Lipinski definition) is 3. The molecule has 1 aromatic carbocycles. The van der Waals surface area contributed by atoms with Gasteiger partial charge in [-0.3, -0.25) is 4.79 Å². The van der Waals surface area contributed by atoms with Crippen LogP contribution in [-0.2, 0) is 11.3 Å². The van der Waals surface area contributed by atoms with Gasteiger partial charge in [-0.25, -0.2) is 4.39 Å². The molecule has 0 radical (unpaired) electrons. The first-order valence-electron chi connectivity index (χ1n) is 5.99. The lowest BCUT2D eigenvalue weighted by Gasteiger charge is -2.20. The van der Waals surface area contributed by atoms with Gasteiger partial charge < -0.3 is 15.5 Å². The zero-order chi connectivity index (χ0) is 13.2. The van der Waals surface area contributed by atoms with Crippen LogP contribution in [0.25, 0.3) is 0 Å². The van der Waals surface area contributed by atoms with E-state index in [0.717, 1.165) is 18.9 Å². The van der Waals surface area contributed by atoms with Gasteiger partial charge in [0, 0.05) is 6.54 Å². The van der Waals surface area contributed by atoms with Crippen LogP contribution < -0.4 is 5.32 Å². The molecule has 2 rings (SSSR count). The monoisotopic (exact) mass is 253 g/mol. The van der Waals surface area contributed by atoms with Crippen molar-refractivity contribution in [1.82, 2.24) is 5.32 Å². The van der Waals surface area contributed by atoms with Gasteiger partial charge in [-0.1, -0.05) is 6.07 Å². The maximum atomic E-state index is 13.1. The van der Waals surface area contributed by atoms with Crippen molar-refractivity contribution in [3.63, 3.8) is 0 Å². The lowest BCUT2D eigenvalue weighted by molar-refractivity contribution is -0.139. The van der Waals surface area contributed by atoms with Crippen LogP contribution in [0.3, 0.4) is 0 Å². The second-order valence-electron chi connectivity index (χ2n) is 4.71. The maximum Gasteiger partial charge on any atom is 0.252 e. The van der Waals surface area contributed by atoms with Gasteiger partial charge in [0.25, 0.3) is 5.91 Å². The number of carbonyl (C=O) groups is 1. The Morgan fingerprint density at radius 3 is 2.67 bits per heavy atom. The molecule has 98 valence electrons. The maximum absolute atomic E-state index is 13.1. The van der Waals surface area contributed by atoms with Gasteiger partial charge in [-0.05, 0) is 43.4 Å². The Labute approximate surface area is 104 Å². The normalized spacial score (nSPS) is 17.7. The van der Waals surface area contributed by atoms with Crippen molar-refractivity contribution >= 4 is 5.91 Å². The fourth-order valence-electron chi connectivity index (χ4n) is 2.19. The molecule has 1 aromatic rings. The van der Waals surface area contributed by atoms with Crippen molar-refractivity contribution in [2.24, 2.45) is 0 Å². The van der Waals surface area contributed by atoms with E-state index in [-0.39, 0.29) is 6.54 Å². The van der Waals surface area contributed by atoms with E-state index in [2.05, 4.69) is 5.32 Å². The summed E-state index contributed by atoms with van der Waals surface area (Å²) in [5.74, 6) is -1.55. The first-order chi connectivity index (χ1) is 8.51. The predicted molar refractivity (Wildman–Crippen MR) is 63.3 cm³/mol. The highest BCUT2D eigenvalue weighted by molar-refractivity contribution is 5.85. The molecular weight excluding hydrogens is 237 g/mol. The molecule has 1 fully saturated rings. The van der Waals surface area contributed by atoms with Crippen LogP contribution in [0.5, 0.6) is 5.75 Å². The van der Waals surface area contributed by atoms with Crippen LogP contribution in [0.2, 0.25) is 0 Å². The molecule has 0 unspecified atom stereocenters. The second kappa shape index (κ2) is 4.94. The highest BCUT2D eigenvalue weighted by Crippen LogP contribution is 2.29. The Morgan fingerprint density at radius 1 is 1.39 bits per heavy atom. The highest BCUT2D eigenvalue weighted by Gasteiger charge is 2.38. The van der Waals surface area contributed by atoms with E-state index in [0.29, 0.717) is 18.4 Å². The number of aromatic hydroxyl groups is 1. The average Bonchev–Trinajstić information content (AvgIpc) is 2.79. The smallest absolute Gasteiger partial charge is 0.252 e. The Morgan fingerprint density at radius 2 is 2.06 bits per heavy atom.